The van der Waals surface area contributed by atoms with Gasteiger partial charge < -0.3 is 4.48 Å². The highest BCUT2D eigenvalue weighted by Gasteiger charge is 2.09. The topological polar surface area (TPSA) is 34.1 Å². The first-order valence-electron chi connectivity index (χ1n) is 3.35. The largest absolute Gasteiger partial charge is 0.330 e. The number of hydrogen-bond acceptors (Lipinski definition) is 3. The van der Waals surface area contributed by atoms with Crippen molar-refractivity contribution in [3.8, 4) is 0 Å². The lowest BCUT2D eigenvalue weighted by atomic mass is 10.6. The van der Waals surface area contributed by atoms with E-state index in [2.05, 4.69) is 0 Å². The van der Waals surface area contributed by atoms with Crippen LogP contribution >= 0.6 is 27.8 Å². The van der Waals surface area contributed by atoms with Crippen molar-refractivity contribution in [2.45, 2.75) is 0 Å². The Labute approximate surface area is 89.2 Å². The van der Waals surface area contributed by atoms with Crippen LogP contribution in [0.5, 0.6) is 0 Å². The quantitative estimate of drug-likeness (QED) is 0.568. The third-order valence-corrected chi connectivity index (χ3v) is 3.62. The Kier molecular flexibility index (Phi) is 6.93. The molecule has 0 aromatic heterocycles. The fourth-order valence-corrected chi connectivity index (χ4v) is 2.52. The van der Waals surface area contributed by atoms with Gasteiger partial charge >= 0.3 is 0 Å². The van der Waals surface area contributed by atoms with E-state index in [0.29, 0.717) is 5.75 Å². The van der Waals surface area contributed by atoms with E-state index in [1.165, 1.54) is 6.26 Å². The van der Waals surface area contributed by atoms with Crippen molar-refractivity contribution in [2.24, 2.45) is 0 Å². The molecule has 0 heterocycles. The average molecular weight is 279 g/mol. The molecule has 0 aromatic carbocycles. The zero-order valence-corrected chi connectivity index (χ0v) is 11.2. The Morgan fingerprint density at radius 3 is 1.92 bits per heavy atom. The van der Waals surface area contributed by atoms with E-state index >= 15 is 0 Å². The summed E-state index contributed by atoms with van der Waals surface area (Å²) in [4.78, 5) is 0. The van der Waals surface area contributed by atoms with Crippen molar-refractivity contribution in [1.82, 2.24) is 0 Å². The molecule has 0 aliphatic rings. The summed E-state index contributed by atoms with van der Waals surface area (Å²) >= 11 is 0. The third-order valence-electron chi connectivity index (χ3n) is 1.06. The smallest absolute Gasteiger partial charge is 0.198 e. The molecule has 0 radical (unpaired) electrons. The maximum absolute atomic E-state index is 10.7. The van der Waals surface area contributed by atoms with Gasteiger partial charge in [-0.05, 0) is 10.8 Å². The number of rotatable bonds is 4. The van der Waals surface area contributed by atoms with E-state index in [4.69, 9.17) is 0 Å². The van der Waals surface area contributed by atoms with Crippen molar-refractivity contribution in [1.29, 1.82) is 0 Å². The van der Waals surface area contributed by atoms with Crippen LogP contribution in [0.2, 0.25) is 0 Å². The molecule has 0 atom stereocenters. The molecule has 0 bridgehead atoms. The summed E-state index contributed by atoms with van der Waals surface area (Å²) in [6, 6.07) is 0. The highest BCUT2D eigenvalue weighted by Crippen LogP contribution is 2.09. The van der Waals surface area contributed by atoms with Crippen LogP contribution in [0.15, 0.2) is 0 Å². The van der Waals surface area contributed by atoms with Gasteiger partial charge in [-0.15, -0.1) is 17.0 Å². The van der Waals surface area contributed by atoms with Crippen LogP contribution < -0.4 is 0 Å². The standard InChI is InChI=1S/C6H16NO2S2.BrH/c1-7(2,3)5-6-10-11(4,8)9;/h5-6H2,1-4H3;1H/q+1;. The SMILES string of the molecule is Br.C[N+](C)(C)CCSS(C)(=O)=O. The van der Waals surface area contributed by atoms with Crippen LogP contribution in [-0.4, -0.2) is 52.6 Å². The lowest BCUT2D eigenvalue weighted by Gasteiger charge is -2.22. The summed E-state index contributed by atoms with van der Waals surface area (Å²) in [6.45, 7) is 0.873. The zero-order chi connectivity index (χ0) is 9.12. The van der Waals surface area contributed by atoms with Crippen LogP contribution in [-0.2, 0) is 8.87 Å². The van der Waals surface area contributed by atoms with E-state index < -0.39 is 8.87 Å². The predicted molar refractivity (Wildman–Crippen MR) is 60.5 cm³/mol. The fourth-order valence-electron chi connectivity index (χ4n) is 0.463. The van der Waals surface area contributed by atoms with E-state index in [-0.39, 0.29) is 17.0 Å². The molecule has 0 aliphatic carbocycles. The molecule has 0 rings (SSSR count). The summed E-state index contributed by atoms with van der Waals surface area (Å²) in [6.07, 6.45) is 1.24. The molecule has 12 heavy (non-hydrogen) atoms. The molecule has 6 heteroatoms. The number of hydrogen-bond donors (Lipinski definition) is 0. The molecule has 0 N–H and O–H groups in total. The maximum Gasteiger partial charge on any atom is 0.198 e. The first-order valence-corrected chi connectivity index (χ1v) is 6.75. The molecular formula is C6H17BrNO2S2+. The lowest BCUT2D eigenvalue weighted by Crippen LogP contribution is -2.36. The first kappa shape index (κ1) is 15.2. The minimum absolute atomic E-state index is 0. The van der Waals surface area contributed by atoms with Gasteiger partial charge in [0.25, 0.3) is 0 Å². The monoisotopic (exact) mass is 278 g/mol. The van der Waals surface area contributed by atoms with Gasteiger partial charge in [0.1, 0.15) is 0 Å². The first-order chi connectivity index (χ1) is 4.71. The van der Waals surface area contributed by atoms with E-state index in [1.807, 2.05) is 21.1 Å². The summed E-state index contributed by atoms with van der Waals surface area (Å²) in [5, 5.41) is 0. The average Bonchev–Trinajstić information content (AvgIpc) is 1.55. The van der Waals surface area contributed by atoms with Gasteiger partial charge in [-0.3, -0.25) is 0 Å². The van der Waals surface area contributed by atoms with Crippen LogP contribution in [0.3, 0.4) is 0 Å². The number of quaternary nitrogens is 1. The van der Waals surface area contributed by atoms with E-state index in [0.717, 1.165) is 21.8 Å². The second-order valence-electron chi connectivity index (χ2n) is 3.54. The maximum atomic E-state index is 10.7. The van der Waals surface area contributed by atoms with Crippen molar-refractivity contribution in [2.75, 3.05) is 39.7 Å². The van der Waals surface area contributed by atoms with Crippen LogP contribution in [0.4, 0.5) is 0 Å². The molecular weight excluding hydrogens is 262 g/mol. The van der Waals surface area contributed by atoms with Crippen molar-refractivity contribution >= 4 is 36.6 Å². The molecule has 0 aromatic rings. The van der Waals surface area contributed by atoms with Gasteiger partial charge in [0.15, 0.2) is 8.87 Å². The minimum atomic E-state index is -2.84. The normalized spacial score (nSPS) is 12.3. The Morgan fingerprint density at radius 2 is 1.67 bits per heavy atom. The Bertz CT molecular complexity index is 208. The Balaban J connectivity index is 0. The Hall–Kier alpha value is 0.740. The summed E-state index contributed by atoms with van der Waals surface area (Å²) < 4.78 is 22.2. The van der Waals surface area contributed by atoms with Crippen LogP contribution in [0.25, 0.3) is 0 Å². The predicted octanol–water partition coefficient (Wildman–Crippen LogP) is 0.963. The second-order valence-corrected chi connectivity index (χ2v) is 8.12. The zero-order valence-electron chi connectivity index (χ0n) is 7.90. The molecule has 0 saturated carbocycles. The molecule has 0 saturated heterocycles. The molecule has 76 valence electrons. The highest BCUT2D eigenvalue weighted by atomic mass is 79.9. The van der Waals surface area contributed by atoms with Gasteiger partial charge in [-0.2, -0.15) is 0 Å². The number of nitrogens with zero attached hydrogens (tertiary/aromatic N) is 1. The summed E-state index contributed by atoms with van der Waals surface area (Å²) in [5.41, 5.74) is 0. The number of halogens is 1. The molecule has 0 unspecified atom stereocenters. The van der Waals surface area contributed by atoms with E-state index in [9.17, 15) is 8.42 Å². The fraction of sp³-hybridized carbons (Fsp3) is 1.00. The van der Waals surface area contributed by atoms with Crippen LogP contribution in [0.1, 0.15) is 0 Å². The highest BCUT2D eigenvalue weighted by molar-refractivity contribution is 8.93. The summed E-state index contributed by atoms with van der Waals surface area (Å²) in [5.74, 6) is 0.669. The van der Waals surface area contributed by atoms with Gasteiger partial charge in [-0.1, -0.05) is 0 Å². The lowest BCUT2D eigenvalue weighted by molar-refractivity contribution is -0.867. The summed E-state index contributed by atoms with van der Waals surface area (Å²) in [7, 11) is 4.31. The second kappa shape index (κ2) is 5.47. The van der Waals surface area contributed by atoms with Gasteiger partial charge in [0.2, 0.25) is 0 Å². The molecule has 0 fully saturated rings. The van der Waals surface area contributed by atoms with Gasteiger partial charge in [-0.25, -0.2) is 8.42 Å². The molecule has 0 spiro atoms. The van der Waals surface area contributed by atoms with Gasteiger partial charge in [0.05, 0.1) is 33.4 Å². The minimum Gasteiger partial charge on any atom is -0.330 e. The Morgan fingerprint density at radius 1 is 1.25 bits per heavy atom. The van der Waals surface area contributed by atoms with Crippen molar-refractivity contribution < 1.29 is 12.9 Å². The van der Waals surface area contributed by atoms with Crippen molar-refractivity contribution in [3.63, 3.8) is 0 Å². The third kappa shape index (κ3) is 13.3. The van der Waals surface area contributed by atoms with E-state index in [1.54, 1.807) is 0 Å². The van der Waals surface area contributed by atoms with Crippen molar-refractivity contribution in [3.05, 3.63) is 0 Å². The molecule has 3 nitrogen and oxygen atoms in total. The molecule has 0 aliphatic heterocycles. The molecule has 0 amide bonds. The van der Waals surface area contributed by atoms with Crippen LogP contribution in [0, 0.1) is 0 Å². The van der Waals surface area contributed by atoms with Gasteiger partial charge in [0, 0.05) is 6.26 Å².